The third-order valence-corrected chi connectivity index (χ3v) is 8.28. The third-order valence-electron chi connectivity index (χ3n) is 2.43. The Labute approximate surface area is 119 Å². The SMILES string of the molecule is CO[P+](S)(OC)SCn1nnc2ccccc2c1=O. The van der Waals surface area contributed by atoms with Crippen LogP contribution >= 0.6 is 29.8 Å². The summed E-state index contributed by atoms with van der Waals surface area (Å²) < 4.78 is 11.7. The molecule has 0 unspecified atom stereocenters. The number of hydrogen-bond acceptors (Lipinski definition) is 7. The van der Waals surface area contributed by atoms with Gasteiger partial charge in [0.2, 0.25) is 0 Å². The van der Waals surface area contributed by atoms with E-state index in [4.69, 9.17) is 9.05 Å². The van der Waals surface area contributed by atoms with Gasteiger partial charge in [-0.1, -0.05) is 17.3 Å². The van der Waals surface area contributed by atoms with Gasteiger partial charge in [0.1, 0.15) is 22.8 Å². The molecule has 0 amide bonds. The fraction of sp³-hybridized carbons (Fsp3) is 0.300. The van der Waals surface area contributed by atoms with Crippen molar-refractivity contribution in [2.75, 3.05) is 14.2 Å². The average molecular weight is 318 g/mol. The highest BCUT2D eigenvalue weighted by Crippen LogP contribution is 2.75. The number of fused-ring (bicyclic) bond motifs is 1. The van der Waals surface area contributed by atoms with Gasteiger partial charge in [0, 0.05) is 0 Å². The smallest absolute Gasteiger partial charge is 0.267 e. The normalized spacial score (nSPS) is 11.9. The van der Waals surface area contributed by atoms with Crippen LogP contribution in [0.4, 0.5) is 0 Å². The number of hydrogen-bond donors (Lipinski definition) is 1. The Morgan fingerprint density at radius 1 is 1.37 bits per heavy atom. The van der Waals surface area contributed by atoms with Crippen LogP contribution in [0.25, 0.3) is 10.9 Å². The second kappa shape index (κ2) is 6.19. The fourth-order valence-corrected chi connectivity index (χ4v) is 4.06. The van der Waals surface area contributed by atoms with Gasteiger partial charge >= 0.3 is 6.12 Å². The molecule has 0 aliphatic carbocycles. The number of aromatic nitrogens is 3. The second-order valence-electron chi connectivity index (χ2n) is 3.50. The van der Waals surface area contributed by atoms with Gasteiger partial charge in [-0.05, 0) is 12.1 Å². The van der Waals surface area contributed by atoms with E-state index >= 15 is 0 Å². The summed E-state index contributed by atoms with van der Waals surface area (Å²) in [6.45, 7) is 0. The highest BCUT2D eigenvalue weighted by molar-refractivity contribution is 8.87. The quantitative estimate of drug-likeness (QED) is 0.674. The van der Waals surface area contributed by atoms with Crippen molar-refractivity contribution in [2.24, 2.45) is 0 Å². The average Bonchev–Trinajstić information content (AvgIpc) is 2.46. The molecule has 1 aromatic heterocycles. The highest BCUT2D eigenvalue weighted by Gasteiger charge is 2.38. The zero-order valence-electron chi connectivity index (χ0n) is 10.4. The minimum Gasteiger partial charge on any atom is -0.267 e. The number of rotatable bonds is 5. The fourth-order valence-electron chi connectivity index (χ4n) is 1.42. The zero-order chi connectivity index (χ0) is 13.9. The monoisotopic (exact) mass is 318 g/mol. The molecule has 0 saturated carbocycles. The molecule has 0 aliphatic rings. The van der Waals surface area contributed by atoms with Gasteiger partial charge in [0.15, 0.2) is 0 Å². The molecule has 6 nitrogen and oxygen atoms in total. The topological polar surface area (TPSA) is 66.2 Å². The van der Waals surface area contributed by atoms with Crippen molar-refractivity contribution in [3.63, 3.8) is 0 Å². The molecule has 9 heteroatoms. The molecule has 19 heavy (non-hydrogen) atoms. The molecule has 102 valence electrons. The standard InChI is InChI=1S/C10H13N3O3PS2/c1-15-17(18,16-2)19-7-13-10(14)8-5-3-4-6-9(8)11-12-13/h3-6,18H,7H2,1-2H3/q+1. The minimum atomic E-state index is -2.29. The van der Waals surface area contributed by atoms with E-state index in [9.17, 15) is 4.79 Å². The lowest BCUT2D eigenvalue weighted by Crippen LogP contribution is -2.23. The highest BCUT2D eigenvalue weighted by atomic mass is 33.1. The van der Waals surface area contributed by atoms with Crippen molar-refractivity contribution >= 4 is 40.7 Å². The van der Waals surface area contributed by atoms with Crippen molar-refractivity contribution in [2.45, 2.75) is 5.88 Å². The predicted octanol–water partition coefficient (Wildman–Crippen LogP) is 2.38. The van der Waals surface area contributed by atoms with Crippen molar-refractivity contribution in [3.8, 4) is 0 Å². The van der Waals surface area contributed by atoms with Crippen LogP contribution < -0.4 is 5.56 Å². The predicted molar refractivity (Wildman–Crippen MR) is 81.3 cm³/mol. The first-order valence-corrected chi connectivity index (χ1v) is 9.67. The Morgan fingerprint density at radius 3 is 2.74 bits per heavy atom. The van der Waals surface area contributed by atoms with E-state index in [1.807, 2.05) is 6.07 Å². The summed E-state index contributed by atoms with van der Waals surface area (Å²) in [6, 6.07) is 7.09. The van der Waals surface area contributed by atoms with Gasteiger partial charge in [0.25, 0.3) is 5.56 Å². The first-order valence-electron chi connectivity index (χ1n) is 5.30. The summed E-state index contributed by atoms with van der Waals surface area (Å²) >= 11 is 5.61. The lowest BCUT2D eigenvalue weighted by molar-refractivity contribution is 0.351. The van der Waals surface area contributed by atoms with Crippen molar-refractivity contribution in [1.82, 2.24) is 15.0 Å². The molecule has 0 aliphatic heterocycles. The lowest BCUT2D eigenvalue weighted by atomic mass is 10.2. The number of nitrogens with zero attached hydrogens (tertiary/aromatic N) is 3. The van der Waals surface area contributed by atoms with Gasteiger partial charge in [-0.25, -0.2) is 0 Å². The third kappa shape index (κ3) is 3.27. The summed E-state index contributed by atoms with van der Waals surface area (Å²) in [6.07, 6.45) is -2.29. The molecule has 0 N–H and O–H groups in total. The van der Waals surface area contributed by atoms with Crippen LogP contribution in [0.15, 0.2) is 29.1 Å². The largest absolute Gasteiger partial charge is 0.393 e. The summed E-state index contributed by atoms with van der Waals surface area (Å²) in [7, 11) is 3.04. The molecule has 1 aromatic carbocycles. The minimum absolute atomic E-state index is 0.190. The van der Waals surface area contributed by atoms with Gasteiger partial charge in [0.05, 0.1) is 31.9 Å². The lowest BCUT2D eigenvalue weighted by Gasteiger charge is -2.11. The van der Waals surface area contributed by atoms with Crippen molar-refractivity contribution in [3.05, 3.63) is 34.6 Å². The molecule has 2 aromatic rings. The van der Waals surface area contributed by atoms with Gasteiger partial charge in [-0.15, -0.1) is 5.10 Å². The van der Waals surface area contributed by atoms with E-state index in [0.717, 1.165) is 0 Å². The van der Waals surface area contributed by atoms with Crippen LogP contribution in [0.2, 0.25) is 0 Å². The van der Waals surface area contributed by atoms with E-state index in [1.54, 1.807) is 18.2 Å². The summed E-state index contributed by atoms with van der Waals surface area (Å²) in [4.78, 5) is 12.2. The molecule has 2 rings (SSSR count). The number of benzene rings is 1. The first-order chi connectivity index (χ1) is 9.09. The van der Waals surface area contributed by atoms with Crippen molar-refractivity contribution in [1.29, 1.82) is 0 Å². The molecular weight excluding hydrogens is 305 g/mol. The maximum atomic E-state index is 12.2. The van der Waals surface area contributed by atoms with Gasteiger partial charge in [-0.3, -0.25) is 4.79 Å². The van der Waals surface area contributed by atoms with Crippen LogP contribution in [0.1, 0.15) is 0 Å². The maximum Gasteiger partial charge on any atom is 0.393 e. The Bertz CT molecular complexity index is 633. The second-order valence-corrected chi connectivity index (χ2v) is 10.3. The summed E-state index contributed by atoms with van der Waals surface area (Å²) in [5, 5.41) is 8.42. The van der Waals surface area contributed by atoms with Crippen LogP contribution in [-0.2, 0) is 14.9 Å². The first kappa shape index (κ1) is 14.7. The van der Waals surface area contributed by atoms with Crippen LogP contribution in [0.3, 0.4) is 0 Å². The van der Waals surface area contributed by atoms with Crippen LogP contribution in [-0.4, -0.2) is 29.2 Å². The van der Waals surface area contributed by atoms with E-state index in [0.29, 0.717) is 10.9 Å². The Kier molecular flexibility index (Phi) is 4.81. The van der Waals surface area contributed by atoms with Crippen LogP contribution in [0.5, 0.6) is 0 Å². The Balaban J connectivity index is 2.27. The molecule has 0 saturated heterocycles. The van der Waals surface area contributed by atoms with E-state index in [2.05, 4.69) is 22.6 Å². The Morgan fingerprint density at radius 2 is 2.05 bits per heavy atom. The van der Waals surface area contributed by atoms with Crippen molar-refractivity contribution < 1.29 is 9.05 Å². The number of thiol groups is 1. The molecule has 0 radical (unpaired) electrons. The zero-order valence-corrected chi connectivity index (χ0v) is 13.0. The van der Waals surface area contributed by atoms with Crippen LogP contribution in [0, 0.1) is 0 Å². The van der Waals surface area contributed by atoms with Gasteiger partial charge in [-0.2, -0.15) is 13.7 Å². The molecule has 0 spiro atoms. The summed E-state index contributed by atoms with van der Waals surface area (Å²) in [5.74, 6) is 0.273. The molecule has 0 bridgehead atoms. The molecular formula is C10H13N3O3PS2+. The molecule has 0 atom stereocenters. The molecule has 1 heterocycles. The Hall–Kier alpha value is -0.660. The van der Waals surface area contributed by atoms with E-state index < -0.39 is 6.12 Å². The maximum absolute atomic E-state index is 12.2. The summed E-state index contributed by atoms with van der Waals surface area (Å²) in [5.41, 5.74) is 0.393. The van der Waals surface area contributed by atoms with E-state index in [-0.39, 0.29) is 11.4 Å². The van der Waals surface area contributed by atoms with Gasteiger partial charge < -0.3 is 0 Å². The molecule has 0 fully saturated rings. The van der Waals surface area contributed by atoms with E-state index in [1.165, 1.54) is 30.3 Å².